The Balaban J connectivity index is 1.27. The van der Waals surface area contributed by atoms with E-state index in [0.717, 1.165) is 5.69 Å². The van der Waals surface area contributed by atoms with E-state index in [1.54, 1.807) is 54.7 Å². The van der Waals surface area contributed by atoms with Crippen molar-refractivity contribution in [2.45, 2.75) is 0 Å². The van der Waals surface area contributed by atoms with Crippen LogP contribution in [-0.2, 0) is 0 Å². The number of hydrogen-bond acceptors (Lipinski definition) is 9. The van der Waals surface area contributed by atoms with Gasteiger partial charge in [0.05, 0.1) is 7.11 Å². The second-order valence-corrected chi connectivity index (χ2v) is 7.61. The van der Waals surface area contributed by atoms with Crippen molar-refractivity contribution >= 4 is 45.7 Å². The first kappa shape index (κ1) is 22.5. The number of rotatable bonds is 7. The lowest BCUT2D eigenvalue weighted by Gasteiger charge is -2.10. The van der Waals surface area contributed by atoms with E-state index in [-0.39, 0.29) is 5.56 Å². The number of pyridine rings is 1. The van der Waals surface area contributed by atoms with Gasteiger partial charge in [-0.2, -0.15) is 0 Å². The van der Waals surface area contributed by atoms with E-state index in [9.17, 15) is 9.59 Å². The Labute approximate surface area is 205 Å². The van der Waals surface area contributed by atoms with Crippen LogP contribution in [0.4, 0.5) is 28.8 Å². The van der Waals surface area contributed by atoms with Gasteiger partial charge in [0.15, 0.2) is 11.3 Å². The van der Waals surface area contributed by atoms with Gasteiger partial charge in [-0.05, 0) is 48.5 Å². The van der Waals surface area contributed by atoms with Crippen LogP contribution in [0.3, 0.4) is 0 Å². The summed E-state index contributed by atoms with van der Waals surface area (Å²) < 4.78 is 10.5. The smallest absolute Gasteiger partial charge is 0.349 e. The van der Waals surface area contributed by atoms with Crippen molar-refractivity contribution in [3.8, 4) is 5.75 Å². The molecule has 5 rings (SSSR count). The van der Waals surface area contributed by atoms with Gasteiger partial charge in [0, 0.05) is 29.0 Å². The molecule has 0 atom stereocenters. The molecule has 10 nitrogen and oxygen atoms in total. The van der Waals surface area contributed by atoms with Crippen LogP contribution in [0, 0.1) is 0 Å². The van der Waals surface area contributed by atoms with Crippen LogP contribution in [-0.4, -0.2) is 28.0 Å². The van der Waals surface area contributed by atoms with Gasteiger partial charge in [-0.1, -0.05) is 18.2 Å². The molecule has 2 aromatic carbocycles. The van der Waals surface area contributed by atoms with Crippen molar-refractivity contribution in [3.63, 3.8) is 0 Å². The van der Waals surface area contributed by atoms with Gasteiger partial charge < -0.3 is 25.1 Å². The molecule has 178 valence electrons. The van der Waals surface area contributed by atoms with E-state index in [1.165, 1.54) is 19.5 Å². The molecule has 0 spiro atoms. The number of nitrogens with zero attached hydrogens (tertiary/aromatic N) is 3. The number of nitrogens with one attached hydrogen (secondary N) is 3. The molecule has 3 N–H and O–H groups in total. The number of benzene rings is 2. The summed E-state index contributed by atoms with van der Waals surface area (Å²) in [5, 5.41) is 9.59. The Morgan fingerprint density at radius 2 is 1.61 bits per heavy atom. The summed E-state index contributed by atoms with van der Waals surface area (Å²) in [4.78, 5) is 37.8. The lowest BCUT2D eigenvalue weighted by atomic mass is 10.1. The molecule has 0 fully saturated rings. The minimum atomic E-state index is -0.748. The lowest BCUT2D eigenvalue weighted by Crippen LogP contribution is -2.20. The van der Waals surface area contributed by atoms with Crippen LogP contribution in [0.1, 0.15) is 10.4 Å². The molecule has 10 heteroatoms. The SMILES string of the molecule is COc1cccc2cc(C(=O)Nc3ccc(Nc4cc(Nc5ccccn5)ncn4)cc3)c(=O)oc12. The Morgan fingerprint density at radius 1 is 0.833 bits per heavy atom. The van der Waals surface area contributed by atoms with Crippen molar-refractivity contribution < 1.29 is 13.9 Å². The average molecular weight is 480 g/mol. The van der Waals surface area contributed by atoms with Crippen LogP contribution < -0.4 is 26.3 Å². The number of ether oxygens (including phenoxy) is 1. The molecular weight excluding hydrogens is 460 g/mol. The maximum absolute atomic E-state index is 12.7. The van der Waals surface area contributed by atoms with Crippen molar-refractivity contribution in [1.82, 2.24) is 15.0 Å². The predicted octanol–water partition coefficient (Wildman–Crippen LogP) is 4.73. The van der Waals surface area contributed by atoms with Gasteiger partial charge in [0.25, 0.3) is 5.91 Å². The molecule has 0 aliphatic heterocycles. The number of carbonyl (C=O) groups excluding carboxylic acids is 1. The van der Waals surface area contributed by atoms with Gasteiger partial charge in [-0.25, -0.2) is 19.7 Å². The second-order valence-electron chi connectivity index (χ2n) is 7.61. The monoisotopic (exact) mass is 480 g/mol. The molecule has 0 saturated carbocycles. The van der Waals surface area contributed by atoms with E-state index in [2.05, 4.69) is 30.9 Å². The van der Waals surface area contributed by atoms with Crippen LogP contribution in [0.15, 0.2) is 94.5 Å². The number of para-hydroxylation sites is 1. The fourth-order valence-electron chi connectivity index (χ4n) is 3.48. The first-order valence-corrected chi connectivity index (χ1v) is 10.9. The van der Waals surface area contributed by atoms with Crippen LogP contribution in [0.2, 0.25) is 0 Å². The highest BCUT2D eigenvalue weighted by Gasteiger charge is 2.16. The summed E-state index contributed by atoms with van der Waals surface area (Å²) >= 11 is 0. The molecular formula is C26H20N6O4. The third-order valence-electron chi connectivity index (χ3n) is 5.19. The van der Waals surface area contributed by atoms with Crippen molar-refractivity contribution in [2.24, 2.45) is 0 Å². The molecule has 5 aromatic rings. The van der Waals surface area contributed by atoms with Gasteiger partial charge in [0.2, 0.25) is 0 Å². The van der Waals surface area contributed by atoms with Crippen LogP contribution in [0.25, 0.3) is 11.0 Å². The van der Waals surface area contributed by atoms with Crippen LogP contribution in [0.5, 0.6) is 5.75 Å². The van der Waals surface area contributed by atoms with Crippen molar-refractivity contribution in [2.75, 3.05) is 23.1 Å². The Bertz CT molecular complexity index is 1590. The fraction of sp³-hybridized carbons (Fsp3) is 0.0385. The molecule has 0 aliphatic carbocycles. The molecule has 0 bridgehead atoms. The fourth-order valence-corrected chi connectivity index (χ4v) is 3.48. The summed E-state index contributed by atoms with van der Waals surface area (Å²) in [6.45, 7) is 0. The summed E-state index contributed by atoms with van der Waals surface area (Å²) in [7, 11) is 1.48. The number of hydrogen-bond donors (Lipinski definition) is 3. The van der Waals surface area contributed by atoms with Gasteiger partial charge in [0.1, 0.15) is 29.3 Å². The summed E-state index contributed by atoms with van der Waals surface area (Å²) in [5.74, 6) is 1.67. The molecule has 3 aromatic heterocycles. The summed E-state index contributed by atoms with van der Waals surface area (Å²) in [6.07, 6.45) is 3.12. The van der Waals surface area contributed by atoms with E-state index < -0.39 is 11.5 Å². The Kier molecular flexibility index (Phi) is 6.22. The molecule has 0 radical (unpaired) electrons. The third kappa shape index (κ3) is 4.97. The third-order valence-corrected chi connectivity index (χ3v) is 5.19. The maximum atomic E-state index is 12.7. The molecule has 0 unspecified atom stereocenters. The Morgan fingerprint density at radius 3 is 2.36 bits per heavy atom. The number of amides is 1. The minimum Gasteiger partial charge on any atom is -0.493 e. The summed E-state index contributed by atoms with van der Waals surface area (Å²) in [5.41, 5.74) is 0.692. The highest BCUT2D eigenvalue weighted by molar-refractivity contribution is 6.05. The Hall–Kier alpha value is -5.25. The first-order chi connectivity index (χ1) is 17.6. The maximum Gasteiger partial charge on any atom is 0.349 e. The number of carbonyl (C=O) groups is 1. The lowest BCUT2D eigenvalue weighted by molar-refractivity contribution is 0.102. The zero-order valence-corrected chi connectivity index (χ0v) is 19.1. The van der Waals surface area contributed by atoms with E-state index in [4.69, 9.17) is 9.15 Å². The minimum absolute atomic E-state index is 0.105. The molecule has 0 saturated heterocycles. The second kappa shape index (κ2) is 9.94. The van der Waals surface area contributed by atoms with Gasteiger partial charge in [-0.3, -0.25) is 4.79 Å². The molecule has 3 heterocycles. The van der Waals surface area contributed by atoms with E-state index >= 15 is 0 Å². The van der Waals surface area contributed by atoms with Gasteiger partial charge >= 0.3 is 5.63 Å². The first-order valence-electron chi connectivity index (χ1n) is 10.9. The van der Waals surface area contributed by atoms with Crippen LogP contribution >= 0.6 is 0 Å². The number of fused-ring (bicyclic) bond motifs is 1. The predicted molar refractivity (Wildman–Crippen MR) is 136 cm³/mol. The quantitative estimate of drug-likeness (QED) is 0.283. The number of methoxy groups -OCH3 is 1. The highest BCUT2D eigenvalue weighted by Crippen LogP contribution is 2.25. The molecule has 1 amide bonds. The van der Waals surface area contributed by atoms with E-state index in [1.807, 2.05) is 18.2 Å². The summed E-state index contributed by atoms with van der Waals surface area (Å²) in [6, 6.07) is 20.9. The normalized spacial score (nSPS) is 10.6. The highest BCUT2D eigenvalue weighted by atomic mass is 16.5. The number of anilines is 5. The molecule has 0 aliphatic rings. The molecule has 36 heavy (non-hydrogen) atoms. The number of aromatic nitrogens is 3. The van der Waals surface area contributed by atoms with Crippen molar-refractivity contribution in [1.29, 1.82) is 0 Å². The van der Waals surface area contributed by atoms with E-state index in [0.29, 0.717) is 39.9 Å². The average Bonchev–Trinajstić information content (AvgIpc) is 2.90. The largest absolute Gasteiger partial charge is 0.493 e. The zero-order chi connectivity index (χ0) is 24.9. The standard InChI is InChI=1S/C26H20N6O4/c1-35-20-6-4-5-16-13-19(26(34)36-24(16)20)25(33)31-18-10-8-17(9-11-18)30-22-14-23(29-15-28-22)32-21-7-2-3-12-27-21/h2-15H,1H3,(H,31,33)(H2,27,28,29,30,32). The van der Waals surface area contributed by atoms with Gasteiger partial charge in [-0.15, -0.1) is 0 Å². The topological polar surface area (TPSA) is 131 Å². The zero-order valence-electron chi connectivity index (χ0n) is 19.1. The van der Waals surface area contributed by atoms with Crippen molar-refractivity contribution in [3.05, 3.63) is 101 Å².